The lowest BCUT2D eigenvalue weighted by molar-refractivity contribution is 0.408. The Hall–Kier alpha value is -1.01. The largest absolute Gasteiger partial charge is 0.495 e. The fourth-order valence-corrected chi connectivity index (χ4v) is 1.74. The summed E-state index contributed by atoms with van der Waals surface area (Å²) in [6, 6.07) is 5.84. The van der Waals surface area contributed by atoms with E-state index in [1.54, 1.807) is 13.2 Å². The SMILES string of the molecule is CCc1cc(Br)cc(C#N)c1OC. The molecule has 0 heterocycles. The number of hydrogen-bond donors (Lipinski definition) is 0. The van der Waals surface area contributed by atoms with Gasteiger partial charge in [0.05, 0.1) is 12.7 Å². The van der Waals surface area contributed by atoms with Gasteiger partial charge in [0.2, 0.25) is 0 Å². The summed E-state index contributed by atoms with van der Waals surface area (Å²) in [5, 5.41) is 8.84. The van der Waals surface area contributed by atoms with Crippen LogP contribution in [0.25, 0.3) is 0 Å². The molecule has 0 spiro atoms. The highest BCUT2D eigenvalue weighted by Gasteiger charge is 2.08. The van der Waals surface area contributed by atoms with Gasteiger partial charge in [-0.05, 0) is 24.1 Å². The van der Waals surface area contributed by atoms with Gasteiger partial charge in [0, 0.05) is 4.47 Å². The average molecular weight is 240 g/mol. The highest BCUT2D eigenvalue weighted by atomic mass is 79.9. The van der Waals surface area contributed by atoms with Crippen LogP contribution in [-0.2, 0) is 6.42 Å². The van der Waals surface area contributed by atoms with Gasteiger partial charge in [-0.1, -0.05) is 22.9 Å². The van der Waals surface area contributed by atoms with E-state index in [1.807, 2.05) is 13.0 Å². The maximum Gasteiger partial charge on any atom is 0.139 e. The van der Waals surface area contributed by atoms with Crippen LogP contribution in [0.1, 0.15) is 18.1 Å². The molecular weight excluding hydrogens is 230 g/mol. The topological polar surface area (TPSA) is 33.0 Å². The number of halogens is 1. The number of benzene rings is 1. The Morgan fingerprint density at radius 3 is 2.69 bits per heavy atom. The van der Waals surface area contributed by atoms with Gasteiger partial charge >= 0.3 is 0 Å². The summed E-state index contributed by atoms with van der Waals surface area (Å²) in [5.74, 6) is 0.688. The number of methoxy groups -OCH3 is 1. The number of hydrogen-bond acceptors (Lipinski definition) is 2. The molecule has 0 bridgehead atoms. The van der Waals surface area contributed by atoms with Crippen molar-refractivity contribution < 1.29 is 4.74 Å². The van der Waals surface area contributed by atoms with E-state index in [2.05, 4.69) is 22.0 Å². The molecule has 1 aromatic rings. The molecule has 0 aliphatic heterocycles. The van der Waals surface area contributed by atoms with Crippen LogP contribution in [0, 0.1) is 11.3 Å². The lowest BCUT2D eigenvalue weighted by Gasteiger charge is -2.08. The third-order valence-electron chi connectivity index (χ3n) is 1.84. The standard InChI is InChI=1S/C10H10BrNO/c1-3-7-4-9(11)5-8(6-12)10(7)13-2/h4-5H,3H2,1-2H3. The molecule has 3 heteroatoms. The van der Waals surface area contributed by atoms with E-state index in [4.69, 9.17) is 10.00 Å². The molecular formula is C10H10BrNO. The van der Waals surface area contributed by atoms with Crippen molar-refractivity contribution in [3.8, 4) is 11.8 Å². The van der Waals surface area contributed by atoms with E-state index in [-0.39, 0.29) is 0 Å². The van der Waals surface area contributed by atoms with Gasteiger partial charge in [-0.25, -0.2) is 0 Å². The molecule has 0 unspecified atom stereocenters. The average Bonchev–Trinajstić information content (AvgIpc) is 2.16. The van der Waals surface area contributed by atoms with E-state index in [9.17, 15) is 0 Å². The van der Waals surface area contributed by atoms with Crippen molar-refractivity contribution in [2.24, 2.45) is 0 Å². The molecule has 1 rings (SSSR count). The second-order valence-corrected chi connectivity index (χ2v) is 3.53. The zero-order valence-electron chi connectivity index (χ0n) is 7.60. The van der Waals surface area contributed by atoms with Crippen LogP contribution >= 0.6 is 15.9 Å². The number of aryl methyl sites for hydroxylation is 1. The molecule has 0 atom stereocenters. The minimum atomic E-state index is 0.578. The summed E-state index contributed by atoms with van der Waals surface area (Å²) in [5.41, 5.74) is 1.63. The highest BCUT2D eigenvalue weighted by Crippen LogP contribution is 2.27. The highest BCUT2D eigenvalue weighted by molar-refractivity contribution is 9.10. The third-order valence-corrected chi connectivity index (χ3v) is 2.29. The van der Waals surface area contributed by atoms with E-state index in [1.165, 1.54) is 0 Å². The first-order valence-electron chi connectivity index (χ1n) is 3.99. The Kier molecular flexibility index (Phi) is 3.32. The fourth-order valence-electron chi connectivity index (χ4n) is 1.24. The summed E-state index contributed by atoms with van der Waals surface area (Å²) in [7, 11) is 1.59. The van der Waals surface area contributed by atoms with Crippen LogP contribution in [-0.4, -0.2) is 7.11 Å². The van der Waals surface area contributed by atoms with Crippen molar-refractivity contribution in [3.05, 3.63) is 27.7 Å². The Balaban J connectivity index is 3.36. The molecule has 0 aliphatic rings. The van der Waals surface area contributed by atoms with Gasteiger partial charge in [-0.3, -0.25) is 0 Å². The Bertz CT molecular complexity index is 355. The van der Waals surface area contributed by atoms with Crippen molar-refractivity contribution in [2.75, 3.05) is 7.11 Å². The number of ether oxygens (including phenoxy) is 1. The van der Waals surface area contributed by atoms with Crippen molar-refractivity contribution in [2.45, 2.75) is 13.3 Å². The summed E-state index contributed by atoms with van der Waals surface area (Å²) in [6.45, 7) is 2.03. The molecule has 0 aliphatic carbocycles. The molecule has 1 aromatic carbocycles. The first-order chi connectivity index (χ1) is 6.22. The van der Waals surface area contributed by atoms with Crippen LogP contribution in [0.2, 0.25) is 0 Å². The molecule has 2 nitrogen and oxygen atoms in total. The summed E-state index contributed by atoms with van der Waals surface area (Å²) in [6.07, 6.45) is 0.858. The smallest absolute Gasteiger partial charge is 0.139 e. The molecule has 68 valence electrons. The summed E-state index contributed by atoms with van der Waals surface area (Å²) in [4.78, 5) is 0. The molecule has 13 heavy (non-hydrogen) atoms. The maximum absolute atomic E-state index is 8.84. The number of nitrogens with zero attached hydrogens (tertiary/aromatic N) is 1. The zero-order valence-corrected chi connectivity index (χ0v) is 9.18. The monoisotopic (exact) mass is 239 g/mol. The molecule has 0 N–H and O–H groups in total. The van der Waals surface area contributed by atoms with Gasteiger partial charge in [-0.2, -0.15) is 5.26 Å². The molecule has 0 amide bonds. The second-order valence-electron chi connectivity index (χ2n) is 2.61. The first kappa shape index (κ1) is 10.1. The lowest BCUT2D eigenvalue weighted by atomic mass is 10.1. The van der Waals surface area contributed by atoms with Crippen LogP contribution in [0.5, 0.6) is 5.75 Å². The van der Waals surface area contributed by atoms with Crippen LogP contribution in [0.3, 0.4) is 0 Å². The van der Waals surface area contributed by atoms with Crippen LogP contribution in [0.4, 0.5) is 0 Å². The number of rotatable bonds is 2. The van der Waals surface area contributed by atoms with Crippen molar-refractivity contribution in [1.29, 1.82) is 5.26 Å². The Morgan fingerprint density at radius 1 is 1.54 bits per heavy atom. The van der Waals surface area contributed by atoms with E-state index in [0.29, 0.717) is 11.3 Å². The Morgan fingerprint density at radius 2 is 2.23 bits per heavy atom. The molecule has 0 aromatic heterocycles. The first-order valence-corrected chi connectivity index (χ1v) is 4.78. The summed E-state index contributed by atoms with van der Waals surface area (Å²) < 4.78 is 6.09. The molecule has 0 saturated heterocycles. The second kappa shape index (κ2) is 4.29. The molecule has 0 saturated carbocycles. The normalized spacial score (nSPS) is 9.38. The van der Waals surface area contributed by atoms with Gasteiger partial charge in [-0.15, -0.1) is 0 Å². The molecule has 0 fully saturated rings. The summed E-state index contributed by atoms with van der Waals surface area (Å²) >= 11 is 3.35. The van der Waals surface area contributed by atoms with Crippen molar-refractivity contribution >= 4 is 15.9 Å². The quantitative estimate of drug-likeness (QED) is 0.796. The van der Waals surface area contributed by atoms with Gasteiger partial charge in [0.25, 0.3) is 0 Å². The van der Waals surface area contributed by atoms with Crippen LogP contribution in [0.15, 0.2) is 16.6 Å². The van der Waals surface area contributed by atoms with E-state index in [0.717, 1.165) is 16.5 Å². The predicted molar refractivity (Wildman–Crippen MR) is 54.8 cm³/mol. The third kappa shape index (κ3) is 2.02. The fraction of sp³-hybridized carbons (Fsp3) is 0.300. The molecule has 0 radical (unpaired) electrons. The van der Waals surface area contributed by atoms with E-state index >= 15 is 0 Å². The van der Waals surface area contributed by atoms with Gasteiger partial charge in [0.15, 0.2) is 0 Å². The maximum atomic E-state index is 8.84. The Labute approximate surface area is 86.3 Å². The lowest BCUT2D eigenvalue weighted by Crippen LogP contribution is -1.94. The van der Waals surface area contributed by atoms with Crippen molar-refractivity contribution in [1.82, 2.24) is 0 Å². The zero-order chi connectivity index (χ0) is 9.84. The van der Waals surface area contributed by atoms with Gasteiger partial charge in [0.1, 0.15) is 11.8 Å². The van der Waals surface area contributed by atoms with E-state index < -0.39 is 0 Å². The van der Waals surface area contributed by atoms with Crippen molar-refractivity contribution in [3.63, 3.8) is 0 Å². The minimum absolute atomic E-state index is 0.578. The number of nitriles is 1. The predicted octanol–water partition coefficient (Wildman–Crippen LogP) is 2.89. The minimum Gasteiger partial charge on any atom is -0.495 e. The van der Waals surface area contributed by atoms with Gasteiger partial charge < -0.3 is 4.74 Å². The van der Waals surface area contributed by atoms with Crippen LogP contribution < -0.4 is 4.74 Å².